The monoisotopic (exact) mass is 540 g/mol. The molecule has 30 heavy (non-hydrogen) atoms. The van der Waals surface area contributed by atoms with E-state index in [4.69, 9.17) is 0 Å². The molecule has 1 aromatic heterocycles. The molecule has 0 aliphatic carbocycles. The summed E-state index contributed by atoms with van der Waals surface area (Å²) in [4.78, 5) is 7.97. The van der Waals surface area contributed by atoms with Crippen LogP contribution in [0.1, 0.15) is 22.3 Å². The molecule has 0 aliphatic heterocycles. The van der Waals surface area contributed by atoms with Gasteiger partial charge in [0.2, 0.25) is 0 Å². The summed E-state index contributed by atoms with van der Waals surface area (Å²) in [7, 11) is -1.46. The highest BCUT2D eigenvalue weighted by Crippen LogP contribution is 2.19. The van der Waals surface area contributed by atoms with Crippen LogP contribution in [0.4, 0.5) is 0 Å². The van der Waals surface area contributed by atoms with E-state index in [2.05, 4.69) is 51.9 Å². The van der Waals surface area contributed by atoms with Crippen molar-refractivity contribution in [2.45, 2.75) is 31.7 Å². The predicted molar refractivity (Wildman–Crippen MR) is 135 cm³/mol. The van der Waals surface area contributed by atoms with E-state index in [1.807, 2.05) is 19.1 Å². The zero-order valence-corrected chi connectivity index (χ0v) is 20.9. The third kappa shape index (κ3) is 5.98. The van der Waals surface area contributed by atoms with Crippen LogP contribution in [-0.2, 0) is 22.8 Å². The number of H-pyrrole nitrogens is 1. The highest BCUT2D eigenvalue weighted by Gasteiger charge is 2.11. The third-order valence-corrected chi connectivity index (χ3v) is 6.19. The van der Waals surface area contributed by atoms with E-state index in [9.17, 15) is 8.42 Å². The van der Waals surface area contributed by atoms with Crippen molar-refractivity contribution in [3.05, 3.63) is 64.8 Å². The summed E-state index contributed by atoms with van der Waals surface area (Å²) in [6.07, 6.45) is 4.17. The number of benzene rings is 2. The Morgan fingerprint density at radius 1 is 1.10 bits per heavy atom. The van der Waals surface area contributed by atoms with Crippen LogP contribution in [0.25, 0.3) is 10.9 Å². The standard InChI is InChI=1S/C22H28N4O2S.HI/c1-15-5-7-19-18(14-25-20(19)11-15)9-10-24-22(23-3)26-13-17-6-8-21(16(2)12-17)29(4,27)28;/h5-8,11-12,14,25H,9-10,13H2,1-4H3,(H2,23,24,26);1H. The summed E-state index contributed by atoms with van der Waals surface area (Å²) in [5, 5.41) is 7.86. The number of aliphatic imine (C=N–C) groups is 1. The first kappa shape index (κ1) is 24.2. The van der Waals surface area contributed by atoms with Crippen molar-refractivity contribution in [3.8, 4) is 0 Å². The van der Waals surface area contributed by atoms with Crippen LogP contribution in [0.15, 0.2) is 52.5 Å². The lowest BCUT2D eigenvalue weighted by molar-refractivity contribution is 0.601. The van der Waals surface area contributed by atoms with E-state index in [0.29, 0.717) is 17.4 Å². The molecule has 0 unspecified atom stereocenters. The number of hydrogen-bond acceptors (Lipinski definition) is 3. The number of aryl methyl sites for hydroxylation is 2. The van der Waals surface area contributed by atoms with Gasteiger partial charge in [-0.25, -0.2) is 8.42 Å². The van der Waals surface area contributed by atoms with E-state index >= 15 is 0 Å². The van der Waals surface area contributed by atoms with E-state index < -0.39 is 9.84 Å². The molecule has 3 N–H and O–H groups in total. The zero-order valence-electron chi connectivity index (χ0n) is 17.7. The van der Waals surface area contributed by atoms with Crippen LogP contribution >= 0.6 is 24.0 Å². The molecule has 0 amide bonds. The Labute approximate surface area is 195 Å². The van der Waals surface area contributed by atoms with Gasteiger partial charge in [-0.2, -0.15) is 0 Å². The van der Waals surface area contributed by atoms with Gasteiger partial charge in [0.15, 0.2) is 15.8 Å². The number of aromatic amines is 1. The zero-order chi connectivity index (χ0) is 21.0. The fraction of sp³-hybridized carbons (Fsp3) is 0.318. The minimum absolute atomic E-state index is 0. The highest BCUT2D eigenvalue weighted by atomic mass is 127. The van der Waals surface area contributed by atoms with Gasteiger partial charge in [-0.3, -0.25) is 4.99 Å². The van der Waals surface area contributed by atoms with E-state index in [1.165, 1.54) is 22.8 Å². The smallest absolute Gasteiger partial charge is 0.191 e. The molecule has 0 fully saturated rings. The number of hydrogen-bond donors (Lipinski definition) is 3. The van der Waals surface area contributed by atoms with Gasteiger partial charge in [-0.15, -0.1) is 24.0 Å². The maximum Gasteiger partial charge on any atom is 0.191 e. The maximum absolute atomic E-state index is 11.7. The van der Waals surface area contributed by atoms with Crippen molar-refractivity contribution < 1.29 is 8.42 Å². The number of guanidine groups is 1. The summed E-state index contributed by atoms with van der Waals surface area (Å²) in [5.41, 5.74) is 5.44. The Bertz CT molecular complexity index is 1150. The number of nitrogens with one attached hydrogen (secondary N) is 3. The predicted octanol–water partition coefficient (Wildman–Crippen LogP) is 3.71. The second-order valence-electron chi connectivity index (χ2n) is 7.34. The summed E-state index contributed by atoms with van der Waals surface area (Å²) in [5.74, 6) is 0.713. The summed E-state index contributed by atoms with van der Waals surface area (Å²) in [6, 6.07) is 11.8. The lowest BCUT2D eigenvalue weighted by atomic mass is 10.1. The third-order valence-electron chi connectivity index (χ3n) is 4.93. The topological polar surface area (TPSA) is 86.3 Å². The molecule has 8 heteroatoms. The molecule has 0 aliphatic rings. The second-order valence-corrected chi connectivity index (χ2v) is 9.32. The molecule has 6 nitrogen and oxygen atoms in total. The molecule has 3 aromatic rings. The SMILES string of the molecule is CN=C(NCCc1c[nH]c2cc(C)ccc12)NCc1ccc(S(C)(=O)=O)c(C)c1.I. The van der Waals surface area contributed by atoms with Crippen LogP contribution in [0.2, 0.25) is 0 Å². The molecule has 1 heterocycles. The Morgan fingerprint density at radius 2 is 1.87 bits per heavy atom. The summed E-state index contributed by atoms with van der Waals surface area (Å²) >= 11 is 0. The van der Waals surface area contributed by atoms with Crippen LogP contribution in [0, 0.1) is 13.8 Å². The van der Waals surface area contributed by atoms with Crippen LogP contribution in [0.5, 0.6) is 0 Å². The number of fused-ring (bicyclic) bond motifs is 1. The van der Waals surface area contributed by atoms with Gasteiger partial charge in [0.05, 0.1) is 4.90 Å². The highest BCUT2D eigenvalue weighted by molar-refractivity contribution is 14.0. The van der Waals surface area contributed by atoms with Crippen LogP contribution < -0.4 is 10.6 Å². The minimum atomic E-state index is -3.20. The van der Waals surface area contributed by atoms with Crippen molar-refractivity contribution in [1.82, 2.24) is 15.6 Å². The number of rotatable bonds is 6. The van der Waals surface area contributed by atoms with E-state index in [0.717, 1.165) is 29.6 Å². The molecule has 3 rings (SSSR count). The molecule has 162 valence electrons. The van der Waals surface area contributed by atoms with Gasteiger partial charge < -0.3 is 15.6 Å². The van der Waals surface area contributed by atoms with Gasteiger partial charge in [0, 0.05) is 43.5 Å². The average Bonchev–Trinajstić information content (AvgIpc) is 3.05. The molecule has 0 spiro atoms. The first-order chi connectivity index (χ1) is 13.8. The molecule has 0 saturated carbocycles. The van der Waals surface area contributed by atoms with Gasteiger partial charge >= 0.3 is 0 Å². The first-order valence-electron chi connectivity index (χ1n) is 9.58. The van der Waals surface area contributed by atoms with Crippen molar-refractivity contribution in [1.29, 1.82) is 0 Å². The van der Waals surface area contributed by atoms with Gasteiger partial charge in [-0.1, -0.05) is 24.3 Å². The molecular weight excluding hydrogens is 511 g/mol. The lowest BCUT2D eigenvalue weighted by Gasteiger charge is -2.13. The quantitative estimate of drug-likeness (QED) is 0.253. The Balaban J connectivity index is 0.00000320. The number of aromatic nitrogens is 1. The van der Waals surface area contributed by atoms with Crippen molar-refractivity contribution in [3.63, 3.8) is 0 Å². The fourth-order valence-electron chi connectivity index (χ4n) is 3.47. The normalized spacial score (nSPS) is 11.9. The number of halogens is 1. The van der Waals surface area contributed by atoms with E-state index in [-0.39, 0.29) is 24.0 Å². The fourth-order valence-corrected chi connectivity index (χ4v) is 4.43. The number of nitrogens with zero attached hydrogens (tertiary/aromatic N) is 1. The Kier molecular flexibility index (Phi) is 8.31. The molecule has 0 saturated heterocycles. The van der Waals surface area contributed by atoms with Gasteiger partial charge in [0.25, 0.3) is 0 Å². The molecule has 0 atom stereocenters. The number of sulfone groups is 1. The Morgan fingerprint density at radius 3 is 2.53 bits per heavy atom. The van der Waals surface area contributed by atoms with Gasteiger partial charge in [-0.05, 0) is 54.7 Å². The van der Waals surface area contributed by atoms with Crippen LogP contribution in [0.3, 0.4) is 0 Å². The lowest BCUT2D eigenvalue weighted by Crippen LogP contribution is -2.37. The first-order valence-corrected chi connectivity index (χ1v) is 11.5. The average molecular weight is 540 g/mol. The Hall–Kier alpha value is -2.07. The van der Waals surface area contributed by atoms with Crippen LogP contribution in [-0.4, -0.2) is 39.2 Å². The molecule has 2 aromatic carbocycles. The van der Waals surface area contributed by atoms with Gasteiger partial charge in [0.1, 0.15) is 0 Å². The second kappa shape index (κ2) is 10.3. The molecular formula is C22H29IN4O2S. The maximum atomic E-state index is 11.7. The minimum Gasteiger partial charge on any atom is -0.361 e. The summed E-state index contributed by atoms with van der Waals surface area (Å²) in [6.45, 7) is 5.23. The summed E-state index contributed by atoms with van der Waals surface area (Å²) < 4.78 is 23.5. The van der Waals surface area contributed by atoms with Crippen molar-refractivity contribution >= 4 is 50.7 Å². The molecule has 0 bridgehead atoms. The van der Waals surface area contributed by atoms with Crippen molar-refractivity contribution in [2.75, 3.05) is 19.8 Å². The van der Waals surface area contributed by atoms with Crippen molar-refractivity contribution in [2.24, 2.45) is 4.99 Å². The largest absolute Gasteiger partial charge is 0.361 e. The van der Waals surface area contributed by atoms with E-state index in [1.54, 1.807) is 13.1 Å². The molecule has 0 radical (unpaired) electrons.